The number of hydrogen-bond acceptors (Lipinski definition) is 3. The van der Waals surface area contributed by atoms with Gasteiger partial charge >= 0.3 is 0 Å². The molecule has 2 heterocycles. The normalized spacial score (nSPS) is 10.9. The summed E-state index contributed by atoms with van der Waals surface area (Å²) in [7, 11) is 0. The number of nitrogens with one attached hydrogen (secondary N) is 2. The SMILES string of the molecule is C=CCCCCN(Cc1ncccccc(C)[nH]1)Cc1nc2ccccc2[nH]1. The highest BCUT2D eigenvalue weighted by Gasteiger charge is 2.11. The first-order valence-corrected chi connectivity index (χ1v) is 9.85. The molecule has 0 saturated carbocycles. The quantitative estimate of drug-likeness (QED) is 0.405. The topological polar surface area (TPSA) is 60.6 Å². The largest absolute Gasteiger partial charge is 0.346 e. The van der Waals surface area contributed by atoms with E-state index in [9.17, 15) is 0 Å². The number of nitrogens with zero attached hydrogens (tertiary/aromatic N) is 3. The molecular weight excluding hydrogens is 346 g/mol. The summed E-state index contributed by atoms with van der Waals surface area (Å²) in [5, 5.41) is 0. The molecule has 0 amide bonds. The summed E-state index contributed by atoms with van der Waals surface area (Å²) in [5.41, 5.74) is 3.17. The second-order valence-corrected chi connectivity index (χ2v) is 6.97. The molecule has 0 bridgehead atoms. The maximum absolute atomic E-state index is 4.74. The van der Waals surface area contributed by atoms with Crippen LogP contribution in [0.5, 0.6) is 0 Å². The van der Waals surface area contributed by atoms with Gasteiger partial charge in [0.05, 0.1) is 24.1 Å². The minimum atomic E-state index is 0.737. The lowest BCUT2D eigenvalue weighted by Crippen LogP contribution is -2.25. The van der Waals surface area contributed by atoms with Crippen molar-refractivity contribution in [3.8, 4) is 0 Å². The van der Waals surface area contributed by atoms with Crippen LogP contribution in [0.25, 0.3) is 11.0 Å². The lowest BCUT2D eigenvalue weighted by atomic mass is 10.2. The van der Waals surface area contributed by atoms with Crippen LogP contribution in [0.3, 0.4) is 0 Å². The molecule has 0 unspecified atom stereocenters. The van der Waals surface area contributed by atoms with E-state index < -0.39 is 0 Å². The van der Waals surface area contributed by atoms with E-state index in [0.717, 1.165) is 67.3 Å². The van der Waals surface area contributed by atoms with Crippen molar-refractivity contribution in [2.75, 3.05) is 6.54 Å². The van der Waals surface area contributed by atoms with E-state index in [1.807, 2.05) is 48.7 Å². The summed E-state index contributed by atoms with van der Waals surface area (Å²) in [6, 6.07) is 16.2. The number of aromatic amines is 2. The number of aromatic nitrogens is 4. The smallest absolute Gasteiger partial charge is 0.121 e. The molecule has 146 valence electrons. The third kappa shape index (κ3) is 6.06. The Bertz CT molecular complexity index is 906. The summed E-state index contributed by atoms with van der Waals surface area (Å²) in [6.07, 6.45) is 7.13. The average Bonchev–Trinajstić information content (AvgIpc) is 3.12. The molecule has 0 fully saturated rings. The molecule has 2 aromatic heterocycles. The van der Waals surface area contributed by atoms with E-state index in [1.165, 1.54) is 0 Å². The van der Waals surface area contributed by atoms with E-state index in [4.69, 9.17) is 4.98 Å². The molecule has 5 heteroatoms. The van der Waals surface area contributed by atoms with Crippen LogP contribution in [0.15, 0.2) is 67.4 Å². The molecule has 0 aliphatic rings. The van der Waals surface area contributed by atoms with Crippen molar-refractivity contribution in [1.29, 1.82) is 0 Å². The van der Waals surface area contributed by atoms with Crippen molar-refractivity contribution in [1.82, 2.24) is 24.8 Å². The summed E-state index contributed by atoms with van der Waals surface area (Å²) >= 11 is 0. The molecule has 0 spiro atoms. The Labute approximate surface area is 166 Å². The number of allylic oxidation sites excluding steroid dienone is 1. The van der Waals surface area contributed by atoms with Crippen LogP contribution in [0, 0.1) is 6.92 Å². The fraction of sp³-hybridized carbons (Fsp3) is 0.304. The van der Waals surface area contributed by atoms with Gasteiger partial charge in [0.1, 0.15) is 11.6 Å². The lowest BCUT2D eigenvalue weighted by Gasteiger charge is -2.20. The molecule has 0 aliphatic carbocycles. The first kappa shape index (κ1) is 19.8. The Hall–Kier alpha value is -2.92. The van der Waals surface area contributed by atoms with Gasteiger partial charge < -0.3 is 9.97 Å². The van der Waals surface area contributed by atoms with Gasteiger partial charge in [0.25, 0.3) is 0 Å². The van der Waals surface area contributed by atoms with Crippen LogP contribution < -0.4 is 0 Å². The molecule has 28 heavy (non-hydrogen) atoms. The molecule has 3 aromatic rings. The zero-order valence-electron chi connectivity index (χ0n) is 16.6. The van der Waals surface area contributed by atoms with E-state index in [0.29, 0.717) is 0 Å². The Balaban J connectivity index is 1.79. The highest BCUT2D eigenvalue weighted by atomic mass is 15.2. The third-order valence-corrected chi connectivity index (χ3v) is 4.54. The van der Waals surface area contributed by atoms with Crippen molar-refractivity contribution in [3.63, 3.8) is 0 Å². The predicted molar refractivity (Wildman–Crippen MR) is 115 cm³/mol. The maximum atomic E-state index is 4.74. The van der Waals surface area contributed by atoms with E-state index >= 15 is 0 Å². The van der Waals surface area contributed by atoms with Crippen molar-refractivity contribution < 1.29 is 0 Å². The zero-order valence-corrected chi connectivity index (χ0v) is 16.6. The number of imidazole rings is 1. The standard InChI is InChI=1S/C23H29N5/c1-3-4-5-11-16-28(17-22-24-15-10-6-7-12-19(2)25-22)18-23-26-20-13-8-9-14-21(20)27-23/h3,6-10,12-15H,1,4-5,11,16-18H2,2H3,(H,24,25)(H,26,27). The van der Waals surface area contributed by atoms with Crippen LogP contribution >= 0.6 is 0 Å². The maximum Gasteiger partial charge on any atom is 0.121 e. The molecule has 0 atom stereocenters. The highest BCUT2D eigenvalue weighted by molar-refractivity contribution is 5.74. The van der Waals surface area contributed by atoms with Crippen LogP contribution in [-0.2, 0) is 13.1 Å². The van der Waals surface area contributed by atoms with Crippen molar-refractivity contribution >= 4 is 11.0 Å². The number of benzene rings is 1. The van der Waals surface area contributed by atoms with Crippen LogP contribution in [-0.4, -0.2) is 31.4 Å². The Kier molecular flexibility index (Phi) is 7.38. The lowest BCUT2D eigenvalue weighted by molar-refractivity contribution is 0.240. The Morgan fingerprint density at radius 3 is 2.64 bits per heavy atom. The van der Waals surface area contributed by atoms with Gasteiger partial charge in [-0.15, -0.1) is 6.58 Å². The molecular formula is C23H29N5. The molecule has 0 aliphatic heterocycles. The summed E-state index contributed by atoms with van der Waals surface area (Å²) in [4.78, 5) is 18.6. The summed E-state index contributed by atoms with van der Waals surface area (Å²) in [6.45, 7) is 8.35. The van der Waals surface area contributed by atoms with Crippen LogP contribution in [0.2, 0.25) is 0 Å². The number of rotatable bonds is 9. The summed E-state index contributed by atoms with van der Waals surface area (Å²) < 4.78 is 0. The molecule has 3 rings (SSSR count). The first-order chi connectivity index (χ1) is 13.7. The molecule has 2 N–H and O–H groups in total. The fourth-order valence-corrected chi connectivity index (χ4v) is 3.17. The third-order valence-electron chi connectivity index (χ3n) is 4.54. The van der Waals surface area contributed by atoms with Gasteiger partial charge in [-0.2, -0.15) is 0 Å². The van der Waals surface area contributed by atoms with E-state index in [1.54, 1.807) is 0 Å². The Morgan fingerprint density at radius 2 is 1.79 bits per heavy atom. The average molecular weight is 376 g/mol. The number of para-hydroxylation sites is 2. The molecule has 0 radical (unpaired) electrons. The number of unbranched alkanes of at least 4 members (excludes halogenated alkanes) is 2. The van der Waals surface area contributed by atoms with E-state index in [2.05, 4.69) is 45.5 Å². The van der Waals surface area contributed by atoms with Crippen molar-refractivity contribution in [2.45, 2.75) is 39.3 Å². The Morgan fingerprint density at radius 1 is 0.964 bits per heavy atom. The number of aryl methyl sites for hydroxylation is 1. The second kappa shape index (κ2) is 10.4. The fourth-order valence-electron chi connectivity index (χ4n) is 3.17. The van der Waals surface area contributed by atoms with Gasteiger partial charge in [0, 0.05) is 11.9 Å². The van der Waals surface area contributed by atoms with Crippen molar-refractivity contribution in [2.24, 2.45) is 0 Å². The molecule has 5 nitrogen and oxygen atoms in total. The van der Waals surface area contributed by atoms with Gasteiger partial charge in [-0.3, -0.25) is 4.90 Å². The van der Waals surface area contributed by atoms with Gasteiger partial charge in [-0.25, -0.2) is 9.97 Å². The van der Waals surface area contributed by atoms with Gasteiger partial charge in [0.15, 0.2) is 0 Å². The highest BCUT2D eigenvalue weighted by Crippen LogP contribution is 2.13. The minimum Gasteiger partial charge on any atom is -0.346 e. The number of hydrogen-bond donors (Lipinski definition) is 2. The number of H-pyrrole nitrogens is 2. The predicted octanol–water partition coefficient (Wildman–Crippen LogP) is 5.08. The molecule has 0 saturated heterocycles. The summed E-state index contributed by atoms with van der Waals surface area (Å²) in [5.74, 6) is 1.92. The van der Waals surface area contributed by atoms with Gasteiger partial charge in [-0.1, -0.05) is 30.3 Å². The molecule has 1 aromatic carbocycles. The first-order valence-electron chi connectivity index (χ1n) is 9.85. The minimum absolute atomic E-state index is 0.737. The van der Waals surface area contributed by atoms with Gasteiger partial charge in [-0.05, 0) is 57.0 Å². The van der Waals surface area contributed by atoms with Crippen molar-refractivity contribution in [3.05, 3.63) is 84.7 Å². The second-order valence-electron chi connectivity index (χ2n) is 6.97. The van der Waals surface area contributed by atoms with Crippen LogP contribution in [0.1, 0.15) is 36.6 Å². The zero-order chi connectivity index (χ0) is 19.6. The number of fused-ring (bicyclic) bond motifs is 1. The van der Waals surface area contributed by atoms with Crippen LogP contribution in [0.4, 0.5) is 0 Å². The monoisotopic (exact) mass is 375 g/mol. The van der Waals surface area contributed by atoms with Gasteiger partial charge in [0.2, 0.25) is 0 Å². The van der Waals surface area contributed by atoms with E-state index in [-0.39, 0.29) is 0 Å².